The van der Waals surface area contributed by atoms with Gasteiger partial charge in [-0.25, -0.2) is 9.18 Å². The first kappa shape index (κ1) is 14.3. The van der Waals surface area contributed by atoms with Crippen LogP contribution in [0.15, 0.2) is 30.5 Å². The molecule has 0 atom stereocenters. The van der Waals surface area contributed by atoms with Gasteiger partial charge in [0.2, 0.25) is 0 Å². The maximum absolute atomic E-state index is 13.9. The molecule has 2 aromatic rings. The third-order valence-electron chi connectivity index (χ3n) is 2.82. The number of esters is 1. The van der Waals surface area contributed by atoms with E-state index in [1.807, 2.05) is 6.92 Å². The fourth-order valence-electron chi connectivity index (χ4n) is 2.02. The van der Waals surface area contributed by atoms with Gasteiger partial charge in [0.25, 0.3) is 0 Å². The van der Waals surface area contributed by atoms with Gasteiger partial charge in [-0.2, -0.15) is 0 Å². The first-order valence-corrected chi connectivity index (χ1v) is 6.46. The smallest absolute Gasteiger partial charge is 0.355 e. The average Bonchev–Trinajstić information content (AvgIpc) is 2.70. The van der Waals surface area contributed by atoms with Crippen molar-refractivity contribution in [3.05, 3.63) is 47.5 Å². The molecule has 0 radical (unpaired) electrons. The van der Waals surface area contributed by atoms with Gasteiger partial charge in [0, 0.05) is 17.3 Å². The Morgan fingerprint density at radius 2 is 1.90 bits per heavy atom. The van der Waals surface area contributed by atoms with E-state index in [4.69, 9.17) is 4.74 Å². The lowest BCUT2D eigenvalue weighted by Crippen LogP contribution is -2.24. The molecule has 2 rings (SSSR count). The Morgan fingerprint density at radius 3 is 2.50 bits per heavy atom. The Labute approximate surface area is 117 Å². The number of carbonyl (C=O) groups is 1. The average molecular weight is 275 g/mol. The fourth-order valence-corrected chi connectivity index (χ4v) is 2.02. The Balaban J connectivity index is 2.48. The van der Waals surface area contributed by atoms with Crippen LogP contribution in [0.1, 0.15) is 36.8 Å². The number of aromatic nitrogens is 1. The second-order valence-electron chi connectivity index (χ2n) is 5.70. The summed E-state index contributed by atoms with van der Waals surface area (Å²) in [5, 5.41) is 0. The number of hydrogen-bond acceptors (Lipinski definition) is 2. The van der Waals surface area contributed by atoms with E-state index in [1.165, 1.54) is 6.07 Å². The van der Waals surface area contributed by atoms with E-state index < -0.39 is 11.6 Å². The third kappa shape index (κ3) is 2.90. The molecule has 0 amide bonds. The van der Waals surface area contributed by atoms with Gasteiger partial charge >= 0.3 is 5.97 Å². The van der Waals surface area contributed by atoms with Crippen LogP contribution in [0.25, 0.3) is 11.1 Å². The number of benzene rings is 1. The highest BCUT2D eigenvalue weighted by Gasteiger charge is 2.24. The van der Waals surface area contributed by atoms with Crippen LogP contribution in [0.2, 0.25) is 0 Å². The van der Waals surface area contributed by atoms with Gasteiger partial charge in [0.1, 0.15) is 17.1 Å². The van der Waals surface area contributed by atoms with Crippen LogP contribution in [0.3, 0.4) is 0 Å². The molecule has 0 spiro atoms. The fraction of sp³-hybridized carbons (Fsp3) is 0.312. The van der Waals surface area contributed by atoms with Crippen molar-refractivity contribution < 1.29 is 13.9 Å². The lowest BCUT2D eigenvalue weighted by Gasteiger charge is -2.19. The van der Waals surface area contributed by atoms with Crippen molar-refractivity contribution >= 4 is 5.97 Å². The summed E-state index contributed by atoms with van der Waals surface area (Å²) in [4.78, 5) is 15.1. The summed E-state index contributed by atoms with van der Waals surface area (Å²) in [7, 11) is 0. The SMILES string of the molecule is Cc1c[nH]c(C(=O)OC(C)(C)C)c1-c1ccccc1F. The second kappa shape index (κ2) is 5.12. The maximum Gasteiger partial charge on any atom is 0.355 e. The highest BCUT2D eigenvalue weighted by atomic mass is 19.1. The first-order valence-electron chi connectivity index (χ1n) is 6.46. The van der Waals surface area contributed by atoms with Crippen LogP contribution in [0, 0.1) is 12.7 Å². The number of hydrogen-bond donors (Lipinski definition) is 1. The lowest BCUT2D eigenvalue weighted by atomic mass is 10.0. The predicted octanol–water partition coefficient (Wildman–Crippen LogP) is 4.08. The monoisotopic (exact) mass is 275 g/mol. The van der Waals surface area contributed by atoms with E-state index in [2.05, 4.69) is 4.98 Å². The predicted molar refractivity (Wildman–Crippen MR) is 76.1 cm³/mol. The molecule has 0 saturated carbocycles. The molecule has 0 bridgehead atoms. The molecule has 1 aromatic carbocycles. The van der Waals surface area contributed by atoms with E-state index in [0.717, 1.165) is 5.56 Å². The van der Waals surface area contributed by atoms with Crippen molar-refractivity contribution in [3.63, 3.8) is 0 Å². The van der Waals surface area contributed by atoms with Crippen LogP contribution in [-0.4, -0.2) is 16.6 Å². The highest BCUT2D eigenvalue weighted by Crippen LogP contribution is 2.30. The zero-order chi connectivity index (χ0) is 14.9. The Morgan fingerprint density at radius 1 is 1.25 bits per heavy atom. The number of aromatic amines is 1. The molecule has 1 N–H and O–H groups in total. The summed E-state index contributed by atoms with van der Waals surface area (Å²) in [6.07, 6.45) is 1.68. The van der Waals surface area contributed by atoms with E-state index >= 15 is 0 Å². The Hall–Kier alpha value is -2.10. The molecule has 0 saturated heterocycles. The molecule has 1 aromatic heterocycles. The molecule has 4 heteroatoms. The summed E-state index contributed by atoms with van der Waals surface area (Å²) in [5.74, 6) is -0.844. The standard InChI is InChI=1S/C16H18FNO2/c1-10-9-18-14(15(19)20-16(2,3)4)13(10)11-7-5-6-8-12(11)17/h5-9,18H,1-4H3. The number of halogens is 1. The van der Waals surface area contributed by atoms with Gasteiger partial charge in [-0.15, -0.1) is 0 Å². The summed E-state index contributed by atoms with van der Waals surface area (Å²) < 4.78 is 19.3. The topological polar surface area (TPSA) is 42.1 Å². The van der Waals surface area contributed by atoms with E-state index in [0.29, 0.717) is 11.1 Å². The summed E-state index contributed by atoms with van der Waals surface area (Å²) >= 11 is 0. The maximum atomic E-state index is 13.9. The lowest BCUT2D eigenvalue weighted by molar-refractivity contribution is 0.00645. The van der Waals surface area contributed by atoms with Gasteiger partial charge in [-0.05, 0) is 39.3 Å². The van der Waals surface area contributed by atoms with Crippen LogP contribution >= 0.6 is 0 Å². The molecule has 3 nitrogen and oxygen atoms in total. The molecule has 0 aliphatic heterocycles. The molecule has 0 aliphatic carbocycles. The molecular weight excluding hydrogens is 257 g/mol. The van der Waals surface area contributed by atoms with E-state index in [-0.39, 0.29) is 11.5 Å². The van der Waals surface area contributed by atoms with Crippen molar-refractivity contribution in [3.8, 4) is 11.1 Å². The van der Waals surface area contributed by atoms with Gasteiger partial charge < -0.3 is 9.72 Å². The number of nitrogens with one attached hydrogen (secondary N) is 1. The molecule has 0 aliphatic rings. The van der Waals surface area contributed by atoms with Gasteiger partial charge in [0.15, 0.2) is 0 Å². The number of ether oxygens (including phenoxy) is 1. The second-order valence-corrected chi connectivity index (χ2v) is 5.70. The summed E-state index contributed by atoms with van der Waals surface area (Å²) in [6.45, 7) is 7.21. The number of rotatable bonds is 2. The molecule has 106 valence electrons. The third-order valence-corrected chi connectivity index (χ3v) is 2.82. The zero-order valence-electron chi connectivity index (χ0n) is 12.1. The normalized spacial score (nSPS) is 11.4. The Kier molecular flexibility index (Phi) is 3.66. The number of H-pyrrole nitrogens is 1. The van der Waals surface area contributed by atoms with Crippen molar-refractivity contribution in [1.82, 2.24) is 4.98 Å². The van der Waals surface area contributed by atoms with E-state index in [9.17, 15) is 9.18 Å². The zero-order valence-corrected chi connectivity index (χ0v) is 12.1. The van der Waals surface area contributed by atoms with Gasteiger partial charge in [0.05, 0.1) is 0 Å². The molecule has 0 fully saturated rings. The van der Waals surface area contributed by atoms with Crippen LogP contribution in [0.4, 0.5) is 4.39 Å². The number of carbonyl (C=O) groups excluding carboxylic acids is 1. The largest absolute Gasteiger partial charge is 0.455 e. The summed E-state index contributed by atoms with van der Waals surface area (Å²) in [5.41, 5.74) is 1.44. The van der Waals surface area contributed by atoms with Gasteiger partial charge in [-0.1, -0.05) is 18.2 Å². The Bertz CT molecular complexity index is 638. The van der Waals surface area contributed by atoms with Crippen LogP contribution in [0.5, 0.6) is 0 Å². The highest BCUT2D eigenvalue weighted by molar-refractivity contribution is 5.96. The van der Waals surface area contributed by atoms with Crippen LogP contribution < -0.4 is 0 Å². The minimum absolute atomic E-state index is 0.280. The molecule has 20 heavy (non-hydrogen) atoms. The van der Waals surface area contributed by atoms with Gasteiger partial charge in [-0.3, -0.25) is 0 Å². The van der Waals surface area contributed by atoms with Crippen molar-refractivity contribution in [2.45, 2.75) is 33.3 Å². The first-order chi connectivity index (χ1) is 9.29. The van der Waals surface area contributed by atoms with Crippen molar-refractivity contribution in [2.75, 3.05) is 0 Å². The molecule has 1 heterocycles. The van der Waals surface area contributed by atoms with Crippen molar-refractivity contribution in [2.24, 2.45) is 0 Å². The van der Waals surface area contributed by atoms with Crippen LogP contribution in [-0.2, 0) is 4.74 Å². The number of aryl methyl sites for hydroxylation is 1. The summed E-state index contributed by atoms with van der Waals surface area (Å²) in [6, 6.07) is 6.39. The molecule has 0 unspecified atom stereocenters. The minimum atomic E-state index is -0.595. The quantitative estimate of drug-likeness (QED) is 0.839. The molecular formula is C16H18FNO2. The minimum Gasteiger partial charge on any atom is -0.455 e. The van der Waals surface area contributed by atoms with E-state index in [1.54, 1.807) is 45.2 Å². The van der Waals surface area contributed by atoms with Crippen molar-refractivity contribution in [1.29, 1.82) is 0 Å².